The molecule has 19 heavy (non-hydrogen) atoms. The Kier molecular flexibility index (Phi) is 4.13. The van der Waals surface area contributed by atoms with Gasteiger partial charge in [0.25, 0.3) is 0 Å². The molecule has 3 aliphatic rings. The van der Waals surface area contributed by atoms with E-state index in [2.05, 4.69) is 12.2 Å². The molecule has 0 aromatic heterocycles. The largest absolute Gasteiger partial charge is 0.393 e. The van der Waals surface area contributed by atoms with Crippen LogP contribution in [0.2, 0.25) is 0 Å². The molecule has 4 nitrogen and oxygen atoms in total. The highest BCUT2D eigenvalue weighted by atomic mass is 16.7. The highest BCUT2D eigenvalue weighted by Crippen LogP contribution is 2.41. The van der Waals surface area contributed by atoms with Crippen LogP contribution in [0.4, 0.5) is 0 Å². The van der Waals surface area contributed by atoms with Crippen molar-refractivity contribution in [3.63, 3.8) is 0 Å². The van der Waals surface area contributed by atoms with Gasteiger partial charge in [0.05, 0.1) is 19.3 Å². The zero-order chi connectivity index (χ0) is 13.3. The second-order valence-electron chi connectivity index (χ2n) is 6.44. The summed E-state index contributed by atoms with van der Waals surface area (Å²) in [6.45, 7) is 4.77. The first-order valence-electron chi connectivity index (χ1n) is 7.92. The third kappa shape index (κ3) is 2.82. The Morgan fingerprint density at radius 3 is 2.79 bits per heavy atom. The summed E-state index contributed by atoms with van der Waals surface area (Å²) in [5, 5.41) is 14.0. The zero-order valence-corrected chi connectivity index (χ0v) is 11.9. The normalized spacial score (nSPS) is 42.6. The summed E-state index contributed by atoms with van der Waals surface area (Å²) in [6, 6.07) is 0.429. The van der Waals surface area contributed by atoms with Gasteiger partial charge in [-0.3, -0.25) is 0 Å². The van der Waals surface area contributed by atoms with E-state index in [-0.39, 0.29) is 17.8 Å². The van der Waals surface area contributed by atoms with Gasteiger partial charge >= 0.3 is 0 Å². The van der Waals surface area contributed by atoms with Crippen LogP contribution in [0.1, 0.15) is 45.4 Å². The highest BCUT2D eigenvalue weighted by Gasteiger charge is 2.47. The van der Waals surface area contributed by atoms with Crippen LogP contribution in [0.15, 0.2) is 0 Å². The number of hydrogen-bond acceptors (Lipinski definition) is 4. The van der Waals surface area contributed by atoms with Gasteiger partial charge in [-0.2, -0.15) is 0 Å². The summed E-state index contributed by atoms with van der Waals surface area (Å²) >= 11 is 0. The fourth-order valence-electron chi connectivity index (χ4n) is 4.08. The topological polar surface area (TPSA) is 50.7 Å². The number of ether oxygens (including phenoxy) is 2. The Labute approximate surface area is 115 Å². The molecule has 3 rings (SSSR count). The van der Waals surface area contributed by atoms with Gasteiger partial charge in [0.15, 0.2) is 5.79 Å². The molecule has 2 N–H and O–H groups in total. The summed E-state index contributed by atoms with van der Waals surface area (Å²) in [5.74, 6) is 0.702. The quantitative estimate of drug-likeness (QED) is 0.800. The van der Waals surface area contributed by atoms with Gasteiger partial charge in [-0.1, -0.05) is 13.3 Å². The SMILES string of the molecule is CCC1CCNC(C2CC3(CCC2O)OCCO3)C1. The van der Waals surface area contributed by atoms with Gasteiger partial charge in [0.1, 0.15) is 0 Å². The van der Waals surface area contributed by atoms with Crippen LogP contribution in [-0.4, -0.2) is 42.8 Å². The monoisotopic (exact) mass is 269 g/mol. The first-order valence-corrected chi connectivity index (χ1v) is 7.92. The molecule has 0 aromatic carbocycles. The van der Waals surface area contributed by atoms with E-state index in [1.165, 1.54) is 19.3 Å². The highest BCUT2D eigenvalue weighted by molar-refractivity contribution is 4.95. The summed E-state index contributed by atoms with van der Waals surface area (Å²) in [4.78, 5) is 0. The van der Waals surface area contributed by atoms with Gasteiger partial charge in [0.2, 0.25) is 0 Å². The number of aliphatic hydroxyl groups is 1. The van der Waals surface area contributed by atoms with Crippen LogP contribution >= 0.6 is 0 Å². The van der Waals surface area contributed by atoms with Crippen LogP contribution in [0.5, 0.6) is 0 Å². The Balaban J connectivity index is 1.67. The van der Waals surface area contributed by atoms with E-state index in [0.717, 1.165) is 31.7 Å². The van der Waals surface area contributed by atoms with Crippen molar-refractivity contribution in [2.24, 2.45) is 11.8 Å². The molecule has 3 fully saturated rings. The molecule has 0 aromatic rings. The smallest absolute Gasteiger partial charge is 0.169 e. The Hall–Kier alpha value is -0.160. The molecule has 1 saturated carbocycles. The average molecular weight is 269 g/mol. The van der Waals surface area contributed by atoms with E-state index in [1.54, 1.807) is 0 Å². The fourth-order valence-corrected chi connectivity index (χ4v) is 4.08. The lowest BCUT2D eigenvalue weighted by atomic mass is 9.74. The second-order valence-corrected chi connectivity index (χ2v) is 6.44. The molecule has 1 spiro atoms. The van der Waals surface area contributed by atoms with Gasteiger partial charge in [0, 0.05) is 24.8 Å². The van der Waals surface area contributed by atoms with E-state index in [4.69, 9.17) is 9.47 Å². The zero-order valence-electron chi connectivity index (χ0n) is 11.9. The summed E-state index contributed by atoms with van der Waals surface area (Å²) in [5.41, 5.74) is 0. The van der Waals surface area contributed by atoms with Crippen molar-refractivity contribution in [2.75, 3.05) is 19.8 Å². The van der Waals surface area contributed by atoms with Crippen molar-refractivity contribution in [2.45, 2.75) is 63.4 Å². The molecule has 1 aliphatic carbocycles. The van der Waals surface area contributed by atoms with E-state index < -0.39 is 0 Å². The first kappa shape index (κ1) is 13.8. The molecular weight excluding hydrogens is 242 g/mol. The standard InChI is InChI=1S/C15H27NO3/c1-2-11-4-6-16-13(9-11)12-10-15(5-3-14(12)17)18-7-8-19-15/h11-14,16-17H,2-10H2,1H3. The van der Waals surface area contributed by atoms with Gasteiger partial charge in [-0.25, -0.2) is 0 Å². The molecule has 2 saturated heterocycles. The predicted octanol–water partition coefficient (Wildman–Crippen LogP) is 1.67. The van der Waals surface area contributed by atoms with Crippen molar-refractivity contribution < 1.29 is 14.6 Å². The van der Waals surface area contributed by atoms with E-state index in [9.17, 15) is 5.11 Å². The number of hydrogen-bond donors (Lipinski definition) is 2. The second kappa shape index (κ2) is 5.68. The maximum atomic E-state index is 10.4. The minimum absolute atomic E-state index is 0.202. The van der Waals surface area contributed by atoms with Crippen LogP contribution in [-0.2, 0) is 9.47 Å². The maximum absolute atomic E-state index is 10.4. The summed E-state index contributed by atoms with van der Waals surface area (Å²) < 4.78 is 11.7. The van der Waals surface area contributed by atoms with Crippen molar-refractivity contribution in [3.05, 3.63) is 0 Å². The molecule has 4 heteroatoms. The number of nitrogens with one attached hydrogen (secondary N) is 1. The molecule has 110 valence electrons. The van der Waals surface area contributed by atoms with Crippen molar-refractivity contribution >= 4 is 0 Å². The van der Waals surface area contributed by atoms with E-state index in [1.807, 2.05) is 0 Å². The molecule has 2 aliphatic heterocycles. The summed E-state index contributed by atoms with van der Waals surface area (Å²) in [7, 11) is 0. The van der Waals surface area contributed by atoms with Crippen molar-refractivity contribution in [1.82, 2.24) is 5.32 Å². The number of aliphatic hydroxyl groups excluding tert-OH is 1. The van der Waals surface area contributed by atoms with E-state index in [0.29, 0.717) is 19.3 Å². The van der Waals surface area contributed by atoms with Gasteiger partial charge < -0.3 is 19.9 Å². The average Bonchev–Trinajstić information content (AvgIpc) is 2.90. The van der Waals surface area contributed by atoms with Crippen LogP contribution in [0.25, 0.3) is 0 Å². The molecule has 4 unspecified atom stereocenters. The predicted molar refractivity (Wildman–Crippen MR) is 72.8 cm³/mol. The third-order valence-corrected chi connectivity index (χ3v) is 5.32. The molecular formula is C15H27NO3. The lowest BCUT2D eigenvalue weighted by molar-refractivity contribution is -0.206. The van der Waals surface area contributed by atoms with E-state index >= 15 is 0 Å². The fraction of sp³-hybridized carbons (Fsp3) is 1.00. The lowest BCUT2D eigenvalue weighted by Gasteiger charge is -2.44. The maximum Gasteiger partial charge on any atom is 0.169 e. The van der Waals surface area contributed by atoms with Crippen molar-refractivity contribution in [3.8, 4) is 0 Å². The summed E-state index contributed by atoms with van der Waals surface area (Å²) in [6.07, 6.45) is 6.00. The van der Waals surface area contributed by atoms with Gasteiger partial charge in [-0.05, 0) is 31.7 Å². The molecule has 4 atom stereocenters. The Morgan fingerprint density at radius 1 is 1.26 bits per heavy atom. The molecule has 0 radical (unpaired) electrons. The lowest BCUT2D eigenvalue weighted by Crippen LogP contribution is -2.53. The molecule has 2 heterocycles. The van der Waals surface area contributed by atoms with Crippen LogP contribution in [0, 0.1) is 11.8 Å². The Morgan fingerprint density at radius 2 is 2.05 bits per heavy atom. The van der Waals surface area contributed by atoms with Gasteiger partial charge in [-0.15, -0.1) is 0 Å². The third-order valence-electron chi connectivity index (χ3n) is 5.32. The van der Waals surface area contributed by atoms with Crippen molar-refractivity contribution in [1.29, 1.82) is 0 Å². The molecule has 0 amide bonds. The number of rotatable bonds is 2. The Bertz CT molecular complexity index is 304. The minimum Gasteiger partial charge on any atom is -0.393 e. The number of piperidine rings is 1. The minimum atomic E-state index is -0.384. The molecule has 0 bridgehead atoms. The van der Waals surface area contributed by atoms with Crippen LogP contribution < -0.4 is 5.32 Å². The first-order chi connectivity index (χ1) is 9.22. The van der Waals surface area contributed by atoms with Crippen LogP contribution in [0.3, 0.4) is 0 Å².